The van der Waals surface area contributed by atoms with Crippen LogP contribution in [-0.2, 0) is 4.74 Å². The van der Waals surface area contributed by atoms with Gasteiger partial charge in [0.05, 0.1) is 17.1 Å². The third kappa shape index (κ3) is 4.25. The molecule has 2 aromatic rings. The average molecular weight is 421 g/mol. The van der Waals surface area contributed by atoms with Gasteiger partial charge in [-0.2, -0.15) is 0 Å². The maximum absolute atomic E-state index is 11.4. The number of ether oxygens (including phenoxy) is 2. The Morgan fingerprint density at radius 2 is 1.80 bits per heavy atom. The minimum absolute atomic E-state index is 0.0682. The zero-order chi connectivity index (χ0) is 22.0. The van der Waals surface area contributed by atoms with Crippen LogP contribution in [0.25, 0.3) is 11.1 Å². The van der Waals surface area contributed by atoms with Gasteiger partial charge in [0.15, 0.2) is 0 Å². The number of carbonyl (C=O) groups is 1. The van der Waals surface area contributed by atoms with Gasteiger partial charge in [-0.05, 0) is 17.7 Å². The summed E-state index contributed by atoms with van der Waals surface area (Å²) in [4.78, 5) is 21.8. The molecule has 1 fully saturated rings. The highest BCUT2D eigenvalue weighted by atomic mass is 16.7. The molecule has 11 nitrogen and oxygen atoms in total. The molecule has 5 atom stereocenters. The number of aliphatic hydroxyl groups is 4. The van der Waals surface area contributed by atoms with Gasteiger partial charge in [-0.3, -0.25) is 10.1 Å². The molecule has 11 heteroatoms. The van der Waals surface area contributed by atoms with Crippen LogP contribution in [0.4, 0.5) is 5.69 Å². The van der Waals surface area contributed by atoms with Crippen LogP contribution < -0.4 is 4.74 Å². The fraction of sp³-hybridized carbons (Fsp3) is 0.316. The molecule has 1 saturated heterocycles. The van der Waals surface area contributed by atoms with E-state index >= 15 is 0 Å². The van der Waals surface area contributed by atoms with Gasteiger partial charge in [0.1, 0.15) is 30.2 Å². The summed E-state index contributed by atoms with van der Waals surface area (Å²) < 4.78 is 10.9. The van der Waals surface area contributed by atoms with Crippen LogP contribution in [0.1, 0.15) is 10.4 Å². The molecule has 30 heavy (non-hydrogen) atoms. The van der Waals surface area contributed by atoms with E-state index in [1.54, 1.807) is 12.1 Å². The van der Waals surface area contributed by atoms with E-state index in [0.717, 1.165) is 6.07 Å². The van der Waals surface area contributed by atoms with Crippen LogP contribution in [0.3, 0.4) is 0 Å². The normalized spacial score (nSPS) is 26.2. The highest BCUT2D eigenvalue weighted by molar-refractivity contribution is 5.91. The Hall–Kier alpha value is -3.09. The molecule has 160 valence electrons. The van der Waals surface area contributed by atoms with Crippen molar-refractivity contribution in [2.24, 2.45) is 0 Å². The van der Waals surface area contributed by atoms with E-state index in [1.807, 2.05) is 0 Å². The summed E-state index contributed by atoms with van der Waals surface area (Å²) in [7, 11) is 0. The molecule has 0 aromatic heterocycles. The van der Waals surface area contributed by atoms with E-state index in [2.05, 4.69) is 0 Å². The van der Waals surface area contributed by atoms with Gasteiger partial charge in [-0.15, -0.1) is 0 Å². The first-order chi connectivity index (χ1) is 14.2. The third-order valence-corrected chi connectivity index (χ3v) is 4.67. The summed E-state index contributed by atoms with van der Waals surface area (Å²) >= 11 is 0. The minimum atomic E-state index is -1.66. The Labute approximate surface area is 169 Å². The first-order valence-electron chi connectivity index (χ1n) is 8.82. The minimum Gasteiger partial charge on any atom is -0.478 e. The van der Waals surface area contributed by atoms with Crippen molar-refractivity contribution in [3.8, 4) is 16.9 Å². The van der Waals surface area contributed by atoms with Crippen molar-refractivity contribution < 1.29 is 44.7 Å². The molecule has 2 aromatic carbocycles. The lowest BCUT2D eigenvalue weighted by molar-refractivity contribution is -0.384. The first kappa shape index (κ1) is 21.6. The van der Waals surface area contributed by atoms with Gasteiger partial charge in [-0.1, -0.05) is 18.2 Å². The van der Waals surface area contributed by atoms with Gasteiger partial charge in [-0.25, -0.2) is 4.79 Å². The van der Waals surface area contributed by atoms with E-state index in [0.29, 0.717) is 0 Å². The van der Waals surface area contributed by atoms with Crippen molar-refractivity contribution in [1.29, 1.82) is 0 Å². The van der Waals surface area contributed by atoms with Gasteiger partial charge in [0, 0.05) is 17.7 Å². The number of benzene rings is 2. The predicted octanol–water partition coefficient (Wildman–Crippen LogP) is 0.139. The van der Waals surface area contributed by atoms with Crippen LogP contribution in [0.15, 0.2) is 42.5 Å². The topological polar surface area (TPSA) is 180 Å². The maximum atomic E-state index is 11.4. The predicted molar refractivity (Wildman–Crippen MR) is 99.9 cm³/mol. The molecular weight excluding hydrogens is 402 g/mol. The SMILES string of the molecule is O=C(O)c1cc(-c2ccccc2O[C@@H]2OC(CO)[C@H](O)C(O)C2O)cc([N+](=O)[O-])c1. The molecule has 0 bridgehead atoms. The number of aliphatic hydroxyl groups excluding tert-OH is 4. The van der Waals surface area contributed by atoms with Gasteiger partial charge in [0.25, 0.3) is 5.69 Å². The monoisotopic (exact) mass is 421 g/mol. The van der Waals surface area contributed by atoms with Crippen LogP contribution in [-0.4, -0.2) is 73.7 Å². The molecule has 1 aliphatic rings. The summed E-state index contributed by atoms with van der Waals surface area (Å²) in [5.41, 5.74) is -0.308. The Balaban J connectivity index is 1.99. The molecule has 0 aliphatic carbocycles. The van der Waals surface area contributed by atoms with E-state index < -0.39 is 53.9 Å². The number of carboxylic acid groups (broad SMARTS) is 1. The number of para-hydroxylation sites is 1. The largest absolute Gasteiger partial charge is 0.478 e. The van der Waals surface area contributed by atoms with E-state index in [1.165, 1.54) is 24.3 Å². The number of non-ortho nitro benzene ring substituents is 1. The van der Waals surface area contributed by atoms with Crippen LogP contribution in [0.2, 0.25) is 0 Å². The zero-order valence-corrected chi connectivity index (χ0v) is 15.4. The second-order valence-corrected chi connectivity index (χ2v) is 6.64. The highest BCUT2D eigenvalue weighted by Gasteiger charge is 2.44. The molecule has 3 rings (SSSR count). The molecule has 5 N–H and O–H groups in total. The van der Waals surface area contributed by atoms with Crippen molar-refractivity contribution in [3.63, 3.8) is 0 Å². The Morgan fingerprint density at radius 3 is 2.43 bits per heavy atom. The summed E-state index contributed by atoms with van der Waals surface area (Å²) in [6.07, 6.45) is -7.52. The van der Waals surface area contributed by atoms with Gasteiger partial charge < -0.3 is 35.0 Å². The first-order valence-corrected chi connectivity index (χ1v) is 8.82. The summed E-state index contributed by atoms with van der Waals surface area (Å²) in [5, 5.41) is 59.7. The standard InChI is InChI=1S/C19H19NO10/c21-8-14-15(22)16(23)17(24)19(30-14)29-13-4-2-1-3-12(13)9-5-10(18(25)26)7-11(6-9)20(27)28/h1-7,14-17,19,21-24H,8H2,(H,25,26)/t14?,15-,16?,17?,19+/m0/s1. The number of aromatic carboxylic acids is 1. The second-order valence-electron chi connectivity index (χ2n) is 6.64. The fourth-order valence-corrected chi connectivity index (χ4v) is 3.09. The highest BCUT2D eigenvalue weighted by Crippen LogP contribution is 2.35. The fourth-order valence-electron chi connectivity index (χ4n) is 3.09. The Kier molecular flexibility index (Phi) is 6.29. The quantitative estimate of drug-likeness (QED) is 0.318. The number of rotatable bonds is 6. The number of nitrogens with zero attached hydrogens (tertiary/aromatic N) is 1. The Morgan fingerprint density at radius 1 is 1.10 bits per heavy atom. The van der Waals surface area contributed by atoms with Crippen molar-refractivity contribution in [3.05, 3.63) is 58.1 Å². The molecule has 0 spiro atoms. The molecule has 0 radical (unpaired) electrons. The number of hydrogen-bond acceptors (Lipinski definition) is 9. The van der Waals surface area contributed by atoms with Crippen LogP contribution in [0.5, 0.6) is 5.75 Å². The van der Waals surface area contributed by atoms with Gasteiger partial charge >= 0.3 is 5.97 Å². The number of nitro benzene ring substituents is 1. The maximum Gasteiger partial charge on any atom is 0.335 e. The van der Waals surface area contributed by atoms with Crippen LogP contribution >= 0.6 is 0 Å². The van der Waals surface area contributed by atoms with E-state index in [9.17, 15) is 40.4 Å². The Bertz CT molecular complexity index is 914. The van der Waals surface area contributed by atoms with E-state index in [4.69, 9.17) is 9.47 Å². The zero-order valence-electron chi connectivity index (χ0n) is 15.4. The lowest BCUT2D eigenvalue weighted by atomic mass is 9.99. The van der Waals surface area contributed by atoms with E-state index in [-0.39, 0.29) is 22.4 Å². The molecule has 1 heterocycles. The van der Waals surface area contributed by atoms with Crippen molar-refractivity contribution in [2.75, 3.05) is 6.61 Å². The van der Waals surface area contributed by atoms with Crippen molar-refractivity contribution >= 4 is 11.7 Å². The van der Waals surface area contributed by atoms with Gasteiger partial charge in [0.2, 0.25) is 6.29 Å². The number of hydrogen-bond donors (Lipinski definition) is 5. The molecule has 3 unspecified atom stereocenters. The van der Waals surface area contributed by atoms with Crippen molar-refractivity contribution in [1.82, 2.24) is 0 Å². The molecule has 0 amide bonds. The van der Waals surface area contributed by atoms with Crippen LogP contribution in [0, 0.1) is 10.1 Å². The number of carboxylic acids is 1. The summed E-state index contributed by atoms with van der Waals surface area (Å²) in [6.45, 7) is -0.640. The third-order valence-electron chi connectivity index (χ3n) is 4.67. The number of nitro groups is 1. The second kappa shape index (κ2) is 8.73. The lowest BCUT2D eigenvalue weighted by Gasteiger charge is -2.39. The average Bonchev–Trinajstić information content (AvgIpc) is 2.74. The molecule has 0 saturated carbocycles. The summed E-state index contributed by atoms with van der Waals surface area (Å²) in [5.74, 6) is -1.29. The smallest absolute Gasteiger partial charge is 0.335 e. The lowest BCUT2D eigenvalue weighted by Crippen LogP contribution is -2.60. The molecule has 1 aliphatic heterocycles. The molecular formula is C19H19NO10. The van der Waals surface area contributed by atoms with Crippen molar-refractivity contribution in [2.45, 2.75) is 30.7 Å². The summed E-state index contributed by atoms with van der Waals surface area (Å²) in [6, 6.07) is 9.45.